The van der Waals surface area contributed by atoms with Gasteiger partial charge in [-0.15, -0.1) is 0 Å². The number of hydrogen-bond acceptors (Lipinski definition) is 4. The zero-order chi connectivity index (χ0) is 20.2. The summed E-state index contributed by atoms with van der Waals surface area (Å²) in [7, 11) is 1.65. The molecule has 29 heavy (non-hydrogen) atoms. The van der Waals surface area contributed by atoms with Crippen molar-refractivity contribution in [2.45, 2.75) is 38.3 Å². The molecule has 1 atom stereocenters. The monoisotopic (exact) mass is 391 g/mol. The van der Waals surface area contributed by atoms with Gasteiger partial charge in [-0.05, 0) is 42.7 Å². The Morgan fingerprint density at radius 3 is 2.69 bits per heavy atom. The van der Waals surface area contributed by atoms with Crippen LogP contribution < -0.4 is 10.2 Å². The minimum absolute atomic E-state index is 0.0222. The number of benzene rings is 2. The summed E-state index contributed by atoms with van der Waals surface area (Å²) in [5.41, 5.74) is 1.68. The lowest BCUT2D eigenvalue weighted by Crippen LogP contribution is -2.37. The molecular formula is C23H25N3O3. The number of ether oxygens (including phenoxy) is 1. The molecule has 0 bridgehead atoms. The Morgan fingerprint density at radius 2 is 1.90 bits per heavy atom. The highest BCUT2D eigenvalue weighted by atomic mass is 16.5. The fourth-order valence-corrected chi connectivity index (χ4v) is 4.09. The van der Waals surface area contributed by atoms with Crippen LogP contribution in [0, 0.1) is 0 Å². The van der Waals surface area contributed by atoms with Crippen LogP contribution in [0.1, 0.15) is 37.3 Å². The number of rotatable bonds is 4. The lowest BCUT2D eigenvalue weighted by Gasteiger charge is -2.31. The van der Waals surface area contributed by atoms with Gasteiger partial charge in [0.15, 0.2) is 0 Å². The van der Waals surface area contributed by atoms with Gasteiger partial charge in [-0.3, -0.25) is 14.3 Å². The van der Waals surface area contributed by atoms with E-state index in [1.165, 1.54) is 6.20 Å². The Bertz CT molecular complexity index is 1060. The fraction of sp³-hybridized carbons (Fsp3) is 0.348. The summed E-state index contributed by atoms with van der Waals surface area (Å²) in [6.07, 6.45) is 5.45. The number of amides is 1. The van der Waals surface area contributed by atoms with E-state index < -0.39 is 0 Å². The molecule has 0 unspecified atom stereocenters. The number of aromatic nitrogens is 2. The molecule has 1 aliphatic heterocycles. The van der Waals surface area contributed by atoms with Crippen LogP contribution in [0.3, 0.4) is 0 Å². The number of likely N-dealkylation sites (tertiary alicyclic amines) is 1. The molecule has 1 amide bonds. The van der Waals surface area contributed by atoms with Crippen molar-refractivity contribution in [1.82, 2.24) is 14.7 Å². The van der Waals surface area contributed by atoms with Gasteiger partial charge < -0.3 is 9.64 Å². The summed E-state index contributed by atoms with van der Waals surface area (Å²) in [5.74, 6) is 0.832. The molecule has 0 aliphatic carbocycles. The van der Waals surface area contributed by atoms with Crippen LogP contribution in [0.5, 0.6) is 5.75 Å². The molecule has 2 aromatic carbocycles. The molecule has 0 spiro atoms. The average molecular weight is 391 g/mol. The van der Waals surface area contributed by atoms with Crippen LogP contribution in [-0.2, 0) is 11.3 Å². The third-order valence-corrected chi connectivity index (χ3v) is 5.62. The van der Waals surface area contributed by atoms with E-state index in [1.54, 1.807) is 17.9 Å². The number of methoxy groups -OCH3 is 1. The summed E-state index contributed by atoms with van der Waals surface area (Å²) in [4.78, 5) is 27.4. The quantitative estimate of drug-likeness (QED) is 0.682. The van der Waals surface area contributed by atoms with E-state index in [1.807, 2.05) is 47.4 Å². The Balaban J connectivity index is 1.63. The third kappa shape index (κ3) is 4.01. The van der Waals surface area contributed by atoms with Crippen LogP contribution >= 0.6 is 0 Å². The highest BCUT2D eigenvalue weighted by Gasteiger charge is 2.27. The van der Waals surface area contributed by atoms with Crippen LogP contribution in [-0.4, -0.2) is 34.2 Å². The van der Waals surface area contributed by atoms with E-state index in [4.69, 9.17) is 4.74 Å². The number of para-hydroxylation sites is 1. The highest BCUT2D eigenvalue weighted by molar-refractivity contribution is 5.81. The van der Waals surface area contributed by atoms with E-state index in [0.717, 1.165) is 43.5 Å². The first-order valence-electron chi connectivity index (χ1n) is 10.1. The van der Waals surface area contributed by atoms with Crippen molar-refractivity contribution in [1.29, 1.82) is 0 Å². The Labute approximate surface area is 169 Å². The van der Waals surface area contributed by atoms with Crippen LogP contribution in [0.25, 0.3) is 10.9 Å². The van der Waals surface area contributed by atoms with Crippen molar-refractivity contribution >= 4 is 16.8 Å². The van der Waals surface area contributed by atoms with Crippen LogP contribution in [0.4, 0.5) is 0 Å². The zero-order valence-corrected chi connectivity index (χ0v) is 16.6. The van der Waals surface area contributed by atoms with Crippen molar-refractivity contribution in [3.63, 3.8) is 0 Å². The average Bonchev–Trinajstić information content (AvgIpc) is 3.02. The van der Waals surface area contributed by atoms with Crippen molar-refractivity contribution in [3.8, 4) is 5.75 Å². The first-order chi connectivity index (χ1) is 14.2. The van der Waals surface area contributed by atoms with Gasteiger partial charge in [0.25, 0.3) is 0 Å². The molecule has 150 valence electrons. The minimum atomic E-state index is -0.129. The SMILES string of the molecule is COc1ccc([C@H]2CCCCCN2C(=O)Cn2ncc(=O)c3ccccc32)cc1. The third-order valence-electron chi connectivity index (χ3n) is 5.62. The van der Waals surface area contributed by atoms with Gasteiger partial charge in [0.2, 0.25) is 11.3 Å². The van der Waals surface area contributed by atoms with E-state index in [0.29, 0.717) is 10.9 Å². The number of nitrogens with zero attached hydrogens (tertiary/aromatic N) is 3. The maximum absolute atomic E-state index is 13.3. The molecule has 1 aromatic heterocycles. The first-order valence-corrected chi connectivity index (χ1v) is 10.1. The molecule has 4 rings (SSSR count). The summed E-state index contributed by atoms with van der Waals surface area (Å²) in [6.45, 7) is 0.848. The molecule has 2 heterocycles. The minimum Gasteiger partial charge on any atom is -0.497 e. The fourth-order valence-electron chi connectivity index (χ4n) is 4.09. The van der Waals surface area contributed by atoms with Gasteiger partial charge in [-0.25, -0.2) is 0 Å². The number of carbonyl (C=O) groups is 1. The maximum Gasteiger partial charge on any atom is 0.244 e. The van der Waals surface area contributed by atoms with Crippen LogP contribution in [0.2, 0.25) is 0 Å². The number of hydrogen-bond donors (Lipinski definition) is 0. The molecule has 0 saturated carbocycles. The normalized spacial score (nSPS) is 17.1. The van der Waals surface area contributed by atoms with Crippen molar-refractivity contribution < 1.29 is 9.53 Å². The molecular weight excluding hydrogens is 366 g/mol. The Morgan fingerprint density at radius 1 is 1.10 bits per heavy atom. The lowest BCUT2D eigenvalue weighted by atomic mass is 10.0. The number of carbonyl (C=O) groups excluding carboxylic acids is 1. The van der Waals surface area contributed by atoms with Crippen LogP contribution in [0.15, 0.2) is 59.5 Å². The van der Waals surface area contributed by atoms with Gasteiger partial charge >= 0.3 is 0 Å². The molecule has 3 aromatic rings. The van der Waals surface area contributed by atoms with E-state index in [9.17, 15) is 9.59 Å². The Kier molecular flexibility index (Phi) is 5.60. The van der Waals surface area contributed by atoms with E-state index >= 15 is 0 Å². The molecule has 1 fully saturated rings. The smallest absolute Gasteiger partial charge is 0.244 e. The second-order valence-corrected chi connectivity index (χ2v) is 7.41. The Hall–Kier alpha value is -3.15. The van der Waals surface area contributed by atoms with Crippen molar-refractivity contribution in [2.24, 2.45) is 0 Å². The summed E-state index contributed by atoms with van der Waals surface area (Å²) >= 11 is 0. The predicted octanol–water partition coefficient (Wildman–Crippen LogP) is 3.55. The summed E-state index contributed by atoms with van der Waals surface area (Å²) in [5, 5.41) is 4.81. The molecule has 1 saturated heterocycles. The summed E-state index contributed by atoms with van der Waals surface area (Å²) < 4.78 is 6.90. The van der Waals surface area contributed by atoms with Gasteiger partial charge in [-0.2, -0.15) is 5.10 Å². The molecule has 0 N–H and O–H groups in total. The zero-order valence-electron chi connectivity index (χ0n) is 16.6. The summed E-state index contributed by atoms with van der Waals surface area (Å²) in [6, 6.07) is 15.3. The first kappa shape index (κ1) is 19.2. The topological polar surface area (TPSA) is 64.4 Å². The second-order valence-electron chi connectivity index (χ2n) is 7.41. The van der Waals surface area contributed by atoms with Gasteiger partial charge in [0.1, 0.15) is 12.3 Å². The predicted molar refractivity (Wildman–Crippen MR) is 112 cm³/mol. The number of fused-ring (bicyclic) bond motifs is 1. The lowest BCUT2D eigenvalue weighted by molar-refractivity contribution is -0.134. The molecule has 6 heteroatoms. The second kappa shape index (κ2) is 8.47. The standard InChI is InChI=1S/C23H25N3O3/c1-29-18-12-10-17(11-13-18)20-8-3-2-6-14-25(20)23(28)16-26-21-9-5-4-7-19(21)22(27)15-24-26/h4-5,7,9-13,15,20H,2-3,6,8,14,16H2,1H3/t20-/m1/s1. The van der Waals surface area contributed by atoms with E-state index in [-0.39, 0.29) is 23.9 Å². The highest BCUT2D eigenvalue weighted by Crippen LogP contribution is 2.31. The van der Waals surface area contributed by atoms with E-state index in [2.05, 4.69) is 5.10 Å². The largest absolute Gasteiger partial charge is 0.497 e. The van der Waals surface area contributed by atoms with Crippen molar-refractivity contribution in [3.05, 3.63) is 70.5 Å². The van der Waals surface area contributed by atoms with Gasteiger partial charge in [0.05, 0.1) is 24.9 Å². The van der Waals surface area contributed by atoms with Gasteiger partial charge in [-0.1, -0.05) is 37.1 Å². The van der Waals surface area contributed by atoms with Crippen molar-refractivity contribution in [2.75, 3.05) is 13.7 Å². The molecule has 1 aliphatic rings. The van der Waals surface area contributed by atoms with Gasteiger partial charge in [0, 0.05) is 11.9 Å². The molecule has 6 nitrogen and oxygen atoms in total. The maximum atomic E-state index is 13.3. The molecule has 0 radical (unpaired) electrons.